The summed E-state index contributed by atoms with van der Waals surface area (Å²) in [7, 11) is -2.94. The molecule has 0 saturated heterocycles. The minimum Gasteiger partial charge on any atom is -0.404 e. The van der Waals surface area contributed by atoms with E-state index in [1.807, 2.05) is 44.5 Å². The fourth-order valence-electron chi connectivity index (χ4n) is 4.53. The van der Waals surface area contributed by atoms with Gasteiger partial charge in [-0.1, -0.05) is 36.4 Å². The van der Waals surface area contributed by atoms with Crippen LogP contribution >= 0.6 is 11.8 Å². The monoisotopic (exact) mass is 730 g/mol. The van der Waals surface area contributed by atoms with Crippen molar-refractivity contribution >= 4 is 58.0 Å². The smallest absolute Gasteiger partial charge is 0.335 e. The van der Waals surface area contributed by atoms with Gasteiger partial charge in [0.1, 0.15) is 16.3 Å². The molecule has 2 aromatic heterocycles. The van der Waals surface area contributed by atoms with E-state index in [-0.39, 0.29) is 18.1 Å². The van der Waals surface area contributed by atoms with Crippen molar-refractivity contribution in [3.63, 3.8) is 0 Å². The first-order valence-electron chi connectivity index (χ1n) is 15.3. The molecule has 0 unspecified atom stereocenters. The van der Waals surface area contributed by atoms with Crippen LogP contribution in [0.4, 0.5) is 15.3 Å². The first-order chi connectivity index (χ1) is 24.4. The van der Waals surface area contributed by atoms with Crippen LogP contribution in [0.2, 0.25) is 0 Å². The molecule has 0 aliphatic carbocycles. The summed E-state index contributed by atoms with van der Waals surface area (Å²) < 4.78 is 33.6. The number of aromatic nitrogens is 2. The Morgan fingerprint density at radius 3 is 1.94 bits per heavy atom. The van der Waals surface area contributed by atoms with Crippen LogP contribution in [0.25, 0.3) is 11.1 Å². The van der Waals surface area contributed by atoms with E-state index in [0.29, 0.717) is 30.3 Å². The van der Waals surface area contributed by atoms with Crippen molar-refractivity contribution in [1.29, 1.82) is 0 Å². The third-order valence-electron chi connectivity index (χ3n) is 7.33. The summed E-state index contributed by atoms with van der Waals surface area (Å²) in [4.78, 5) is 39.6. The summed E-state index contributed by atoms with van der Waals surface area (Å²) in [5.74, 6) is -0.248. The number of anilines is 2. The van der Waals surface area contributed by atoms with Crippen LogP contribution in [0, 0.1) is 13.8 Å². The zero-order chi connectivity index (χ0) is 37.4. The number of thioether (sulfide) groups is 1. The normalized spacial score (nSPS) is 12.0. The summed E-state index contributed by atoms with van der Waals surface area (Å²) in [5.41, 5.74) is 18.9. The standard InChI is InChI=1S/C26H29N5OS.C10H10FN3O3S/c1-17-21(7-5-9-23(17)28-3)22-8-6-10-24(18(22)2)31-26(32)25-12-11-19(15-30-25)14-29-16-20(13-27)33-4;11-18(16,17)10(3-12)6-13-4-8-1-2-9(7-15)14-5-8/h5-13,15-16,28H,14,27H2,1-4H3,(H,31,32);1-3,5-7H,4,12H2/b20-13+,29-16?;10-3+,13-6?. The van der Waals surface area contributed by atoms with Crippen LogP contribution < -0.4 is 22.1 Å². The van der Waals surface area contributed by atoms with E-state index in [0.717, 1.165) is 50.3 Å². The number of nitrogens with one attached hydrogen (secondary N) is 2. The second-order valence-electron chi connectivity index (χ2n) is 10.6. The zero-order valence-corrected chi connectivity index (χ0v) is 30.1. The van der Waals surface area contributed by atoms with Gasteiger partial charge < -0.3 is 22.1 Å². The maximum absolute atomic E-state index is 12.8. The van der Waals surface area contributed by atoms with Gasteiger partial charge in [0.05, 0.1) is 13.1 Å². The minimum absolute atomic E-state index is 0.0962. The van der Waals surface area contributed by atoms with Crippen LogP contribution in [0.15, 0.2) is 105 Å². The van der Waals surface area contributed by atoms with Crippen LogP contribution in [0.3, 0.4) is 0 Å². The summed E-state index contributed by atoms with van der Waals surface area (Å²) in [6.45, 7) is 4.68. The van der Waals surface area contributed by atoms with Gasteiger partial charge in [0.25, 0.3) is 5.91 Å². The zero-order valence-electron chi connectivity index (χ0n) is 28.5. The molecule has 0 saturated carbocycles. The molecule has 0 bridgehead atoms. The number of rotatable bonds is 13. The molecule has 0 fully saturated rings. The van der Waals surface area contributed by atoms with E-state index < -0.39 is 15.1 Å². The molecular formula is C36H39FN8O4S2. The van der Waals surface area contributed by atoms with E-state index in [4.69, 9.17) is 11.5 Å². The Labute approximate surface area is 301 Å². The topological polar surface area (TPSA) is 195 Å². The van der Waals surface area contributed by atoms with Crippen LogP contribution in [-0.4, -0.2) is 56.3 Å². The third-order valence-corrected chi connectivity index (χ3v) is 8.85. The fourth-order valence-corrected chi connectivity index (χ4v) is 5.21. The van der Waals surface area contributed by atoms with Gasteiger partial charge >= 0.3 is 10.2 Å². The first kappa shape index (κ1) is 39.8. The Hall–Kier alpha value is -5.67. The van der Waals surface area contributed by atoms with Crippen LogP contribution in [-0.2, 0) is 23.3 Å². The van der Waals surface area contributed by atoms with Gasteiger partial charge in [-0.2, -0.15) is 8.42 Å². The number of aldehydes is 1. The number of pyridine rings is 2. The number of amides is 1. The number of halogens is 1. The summed E-state index contributed by atoms with van der Waals surface area (Å²) in [6, 6.07) is 18.8. The molecule has 0 radical (unpaired) electrons. The highest BCUT2D eigenvalue weighted by molar-refractivity contribution is 8.03. The molecule has 4 rings (SSSR count). The Morgan fingerprint density at radius 1 is 0.863 bits per heavy atom. The summed E-state index contributed by atoms with van der Waals surface area (Å²) in [5, 5.41) is 6.23. The number of carbonyl (C=O) groups is 2. The van der Waals surface area contributed by atoms with E-state index in [2.05, 4.69) is 55.7 Å². The molecule has 2 aromatic carbocycles. The van der Waals surface area contributed by atoms with Gasteiger partial charge in [-0.05, 0) is 77.7 Å². The lowest BCUT2D eigenvalue weighted by molar-refractivity contribution is 0.102. The largest absolute Gasteiger partial charge is 0.404 e. The van der Waals surface area contributed by atoms with Crippen LogP contribution in [0.1, 0.15) is 43.2 Å². The Bertz CT molecular complexity index is 2050. The Kier molecular flexibility index (Phi) is 15.2. The van der Waals surface area contributed by atoms with Crippen molar-refractivity contribution in [2.45, 2.75) is 26.9 Å². The maximum atomic E-state index is 12.8. The van der Waals surface area contributed by atoms with Crippen molar-refractivity contribution in [3.8, 4) is 11.1 Å². The number of carbonyl (C=O) groups excluding carboxylic acids is 2. The van der Waals surface area contributed by atoms with E-state index in [1.54, 1.807) is 24.5 Å². The number of nitrogens with two attached hydrogens (primary N) is 2. The van der Waals surface area contributed by atoms with E-state index >= 15 is 0 Å². The number of aliphatic imine (C=N–C) groups is 2. The predicted octanol–water partition coefficient (Wildman–Crippen LogP) is 5.96. The number of benzene rings is 2. The molecule has 12 nitrogen and oxygen atoms in total. The molecular weight excluding hydrogens is 692 g/mol. The van der Waals surface area contributed by atoms with Crippen molar-refractivity contribution < 1.29 is 21.9 Å². The Balaban J connectivity index is 0.000000330. The number of hydrogen-bond acceptors (Lipinski definition) is 12. The van der Waals surface area contributed by atoms with E-state index in [1.165, 1.54) is 30.2 Å². The molecule has 0 aliphatic rings. The van der Waals surface area contributed by atoms with Gasteiger partial charge in [-0.25, -0.2) is 0 Å². The van der Waals surface area contributed by atoms with Gasteiger partial charge in [-0.15, -0.1) is 15.6 Å². The SMILES string of the molecule is CNc1cccc(-c2cccc(NC(=O)c3ccc(CN=C/C(=C\N)SC)cn3)c2C)c1C.N/C=C(\C=NCc1ccc(C=O)nc1)S(=O)(=O)F. The molecule has 4 aromatic rings. The third kappa shape index (κ3) is 11.7. The minimum atomic E-state index is -4.86. The fraction of sp³-hybridized carbons (Fsp3) is 0.167. The van der Waals surface area contributed by atoms with Gasteiger partial charge in [-0.3, -0.25) is 29.5 Å². The summed E-state index contributed by atoms with van der Waals surface area (Å²) >= 11 is 1.53. The predicted molar refractivity (Wildman–Crippen MR) is 205 cm³/mol. The Morgan fingerprint density at radius 2 is 1.45 bits per heavy atom. The van der Waals surface area contributed by atoms with Crippen molar-refractivity contribution in [2.75, 3.05) is 23.9 Å². The highest BCUT2D eigenvalue weighted by Crippen LogP contribution is 2.33. The lowest BCUT2D eigenvalue weighted by Gasteiger charge is -2.16. The summed E-state index contributed by atoms with van der Waals surface area (Å²) in [6.07, 6.45) is 10.3. The van der Waals surface area contributed by atoms with Crippen molar-refractivity contribution in [1.82, 2.24) is 9.97 Å². The van der Waals surface area contributed by atoms with Crippen LogP contribution in [0.5, 0.6) is 0 Å². The number of hydrogen-bond donors (Lipinski definition) is 4. The molecule has 2 heterocycles. The molecule has 1 amide bonds. The van der Waals surface area contributed by atoms with E-state index in [9.17, 15) is 21.9 Å². The van der Waals surface area contributed by atoms with Crippen molar-refractivity contribution in [3.05, 3.63) is 129 Å². The average molecular weight is 731 g/mol. The molecule has 15 heteroatoms. The second kappa shape index (κ2) is 19.5. The van der Waals surface area contributed by atoms with Crippen molar-refractivity contribution in [2.24, 2.45) is 21.5 Å². The highest BCUT2D eigenvalue weighted by atomic mass is 32.3. The first-order valence-corrected chi connectivity index (χ1v) is 17.9. The lowest BCUT2D eigenvalue weighted by atomic mass is 9.94. The second-order valence-corrected chi connectivity index (χ2v) is 12.9. The highest BCUT2D eigenvalue weighted by Gasteiger charge is 2.14. The molecule has 51 heavy (non-hydrogen) atoms. The molecule has 6 N–H and O–H groups in total. The molecule has 266 valence electrons. The molecule has 0 aliphatic heterocycles. The quantitative estimate of drug-likeness (QED) is 0.0725. The van der Waals surface area contributed by atoms with Gasteiger partial charge in [0.2, 0.25) is 0 Å². The lowest BCUT2D eigenvalue weighted by Crippen LogP contribution is -2.14. The maximum Gasteiger partial charge on any atom is 0.335 e. The van der Waals surface area contributed by atoms with Gasteiger partial charge in [0, 0.05) is 60.6 Å². The average Bonchev–Trinajstić information content (AvgIpc) is 3.13. The number of allylic oxidation sites excluding steroid dienone is 2. The van der Waals surface area contributed by atoms with Gasteiger partial charge in [0.15, 0.2) is 6.29 Å². The number of nitrogens with zero attached hydrogens (tertiary/aromatic N) is 4. The molecule has 0 atom stereocenters. The molecule has 0 spiro atoms.